The largest absolute Gasteiger partial charge is 0.483 e. The summed E-state index contributed by atoms with van der Waals surface area (Å²) in [6, 6.07) is 10.7. The Bertz CT molecular complexity index is 820. The molecule has 0 aliphatic carbocycles. The second-order valence-corrected chi connectivity index (χ2v) is 5.37. The molecule has 0 atom stereocenters. The van der Waals surface area contributed by atoms with Gasteiger partial charge in [0, 0.05) is 17.7 Å². The molecule has 2 aromatic carbocycles. The van der Waals surface area contributed by atoms with E-state index < -0.39 is 16.7 Å². The molecule has 0 aromatic heterocycles. The van der Waals surface area contributed by atoms with Crippen molar-refractivity contribution >= 4 is 17.5 Å². The Kier molecular flexibility index (Phi) is 5.67. The summed E-state index contributed by atoms with van der Waals surface area (Å²) in [6.07, 6.45) is 0. The van der Waals surface area contributed by atoms with E-state index in [0.717, 1.165) is 17.2 Å². The predicted octanol–water partition coefficient (Wildman–Crippen LogP) is 2.05. The Morgan fingerprint density at radius 1 is 1.12 bits per heavy atom. The molecule has 2 rings (SSSR count). The Balaban J connectivity index is 1.86. The SMILES string of the molecule is Cc1ccc(OCC(=O)NNC(=O)c2cccc([N+](=O)[O-])c2)c(C)c1. The van der Waals surface area contributed by atoms with Crippen molar-refractivity contribution in [2.75, 3.05) is 6.61 Å². The molecule has 0 saturated carbocycles. The van der Waals surface area contributed by atoms with E-state index in [2.05, 4.69) is 10.9 Å². The van der Waals surface area contributed by atoms with Crippen LogP contribution in [0.15, 0.2) is 42.5 Å². The van der Waals surface area contributed by atoms with Gasteiger partial charge >= 0.3 is 0 Å². The highest BCUT2D eigenvalue weighted by molar-refractivity contribution is 5.96. The van der Waals surface area contributed by atoms with E-state index in [-0.39, 0.29) is 17.9 Å². The molecule has 2 N–H and O–H groups in total. The number of benzene rings is 2. The quantitative estimate of drug-likeness (QED) is 0.638. The highest BCUT2D eigenvalue weighted by Gasteiger charge is 2.12. The normalized spacial score (nSPS) is 10.0. The molecule has 8 nitrogen and oxygen atoms in total. The first-order valence-electron chi connectivity index (χ1n) is 7.40. The zero-order chi connectivity index (χ0) is 18.4. The minimum Gasteiger partial charge on any atom is -0.483 e. The lowest BCUT2D eigenvalue weighted by atomic mass is 10.1. The molecular weight excluding hydrogens is 326 g/mol. The van der Waals surface area contributed by atoms with Crippen LogP contribution in [0.5, 0.6) is 5.75 Å². The molecule has 0 bridgehead atoms. The van der Waals surface area contributed by atoms with Gasteiger partial charge in [-0.2, -0.15) is 0 Å². The fourth-order valence-electron chi connectivity index (χ4n) is 2.10. The average Bonchev–Trinajstić information content (AvgIpc) is 2.59. The number of nitro groups is 1. The van der Waals surface area contributed by atoms with Gasteiger partial charge in [-0.1, -0.05) is 23.8 Å². The second-order valence-electron chi connectivity index (χ2n) is 5.37. The minimum atomic E-state index is -0.663. The summed E-state index contributed by atoms with van der Waals surface area (Å²) in [5.74, 6) is -0.645. The summed E-state index contributed by atoms with van der Waals surface area (Å²) in [5.41, 5.74) is 6.21. The molecule has 25 heavy (non-hydrogen) atoms. The smallest absolute Gasteiger partial charge is 0.276 e. The first kappa shape index (κ1) is 17.9. The van der Waals surface area contributed by atoms with Crippen LogP contribution in [-0.2, 0) is 4.79 Å². The lowest BCUT2D eigenvalue weighted by Gasteiger charge is -2.11. The van der Waals surface area contributed by atoms with Gasteiger partial charge in [0.25, 0.3) is 17.5 Å². The molecule has 2 amide bonds. The molecule has 0 aliphatic heterocycles. The van der Waals surface area contributed by atoms with Gasteiger partial charge in [0.2, 0.25) is 0 Å². The van der Waals surface area contributed by atoms with Crippen LogP contribution < -0.4 is 15.6 Å². The summed E-state index contributed by atoms with van der Waals surface area (Å²) in [4.78, 5) is 33.7. The van der Waals surface area contributed by atoms with E-state index in [1.54, 1.807) is 6.07 Å². The zero-order valence-corrected chi connectivity index (χ0v) is 13.7. The van der Waals surface area contributed by atoms with E-state index in [1.165, 1.54) is 18.2 Å². The summed E-state index contributed by atoms with van der Waals surface area (Å²) in [6.45, 7) is 3.54. The molecular formula is C17H17N3O5. The second kappa shape index (κ2) is 7.91. The number of hydrogen-bond acceptors (Lipinski definition) is 5. The topological polar surface area (TPSA) is 111 Å². The highest BCUT2D eigenvalue weighted by Crippen LogP contribution is 2.18. The van der Waals surface area contributed by atoms with Crippen LogP contribution in [0.2, 0.25) is 0 Å². The van der Waals surface area contributed by atoms with Crippen LogP contribution in [0, 0.1) is 24.0 Å². The maximum Gasteiger partial charge on any atom is 0.276 e. The molecule has 0 fully saturated rings. The monoisotopic (exact) mass is 343 g/mol. The third-order valence-electron chi connectivity index (χ3n) is 3.32. The van der Waals surface area contributed by atoms with Gasteiger partial charge in [0.05, 0.1) is 4.92 Å². The fraction of sp³-hybridized carbons (Fsp3) is 0.176. The van der Waals surface area contributed by atoms with Gasteiger partial charge in [-0.25, -0.2) is 0 Å². The predicted molar refractivity (Wildman–Crippen MR) is 90.1 cm³/mol. The number of ether oxygens (including phenoxy) is 1. The van der Waals surface area contributed by atoms with Crippen LogP contribution in [0.1, 0.15) is 21.5 Å². The number of carbonyl (C=O) groups is 2. The number of hydrazine groups is 1. The molecule has 0 saturated heterocycles. The number of nitro benzene ring substituents is 1. The molecule has 8 heteroatoms. The fourth-order valence-corrected chi connectivity index (χ4v) is 2.10. The minimum absolute atomic E-state index is 0.0600. The van der Waals surface area contributed by atoms with Crippen LogP contribution >= 0.6 is 0 Å². The molecule has 0 spiro atoms. The van der Waals surface area contributed by atoms with Gasteiger partial charge in [-0.3, -0.25) is 30.6 Å². The third-order valence-corrected chi connectivity index (χ3v) is 3.32. The molecule has 2 aromatic rings. The first-order valence-corrected chi connectivity index (χ1v) is 7.40. The number of carbonyl (C=O) groups excluding carboxylic acids is 2. The van der Waals surface area contributed by atoms with Crippen molar-refractivity contribution in [1.29, 1.82) is 0 Å². The number of nitrogens with one attached hydrogen (secondary N) is 2. The first-order chi connectivity index (χ1) is 11.9. The van der Waals surface area contributed by atoms with E-state index in [4.69, 9.17) is 4.74 Å². The molecule has 0 radical (unpaired) electrons. The van der Waals surface area contributed by atoms with Crippen molar-refractivity contribution in [2.24, 2.45) is 0 Å². The zero-order valence-electron chi connectivity index (χ0n) is 13.7. The van der Waals surface area contributed by atoms with Crippen LogP contribution in [-0.4, -0.2) is 23.3 Å². The van der Waals surface area contributed by atoms with Crippen LogP contribution in [0.25, 0.3) is 0 Å². The summed E-state index contributed by atoms with van der Waals surface area (Å²) in [5, 5.41) is 10.7. The maximum absolute atomic E-state index is 11.9. The number of amides is 2. The number of hydrogen-bond donors (Lipinski definition) is 2. The van der Waals surface area contributed by atoms with Crippen molar-refractivity contribution in [3.8, 4) is 5.75 Å². The highest BCUT2D eigenvalue weighted by atomic mass is 16.6. The number of rotatable bonds is 5. The van der Waals surface area contributed by atoms with E-state index in [1.807, 2.05) is 26.0 Å². The van der Waals surface area contributed by atoms with Gasteiger partial charge in [0.1, 0.15) is 5.75 Å². The van der Waals surface area contributed by atoms with Crippen molar-refractivity contribution in [3.05, 3.63) is 69.3 Å². The Labute approximate surface area is 143 Å². The Hall–Kier alpha value is -3.42. The third kappa shape index (κ3) is 5.03. The molecule has 0 heterocycles. The van der Waals surface area contributed by atoms with E-state index in [0.29, 0.717) is 5.75 Å². The number of aryl methyl sites for hydroxylation is 2. The standard InChI is InChI=1S/C17H17N3O5/c1-11-6-7-15(12(2)8-11)25-10-16(21)18-19-17(22)13-4-3-5-14(9-13)20(23)24/h3-9H,10H2,1-2H3,(H,18,21)(H,19,22). The summed E-state index contributed by atoms with van der Waals surface area (Å²) in [7, 11) is 0. The Morgan fingerprint density at radius 2 is 1.88 bits per heavy atom. The molecule has 130 valence electrons. The number of non-ortho nitro benzene ring substituents is 1. The van der Waals surface area contributed by atoms with Crippen molar-refractivity contribution < 1.29 is 19.2 Å². The summed E-state index contributed by atoms with van der Waals surface area (Å²) >= 11 is 0. The van der Waals surface area contributed by atoms with Crippen molar-refractivity contribution in [2.45, 2.75) is 13.8 Å². The van der Waals surface area contributed by atoms with Crippen LogP contribution in [0.3, 0.4) is 0 Å². The molecule has 0 aliphatic rings. The lowest BCUT2D eigenvalue weighted by Crippen LogP contribution is -2.43. The maximum atomic E-state index is 11.9. The molecule has 0 unspecified atom stereocenters. The van der Waals surface area contributed by atoms with Gasteiger partial charge in [-0.05, 0) is 31.5 Å². The van der Waals surface area contributed by atoms with E-state index in [9.17, 15) is 19.7 Å². The summed E-state index contributed by atoms with van der Waals surface area (Å²) < 4.78 is 5.39. The van der Waals surface area contributed by atoms with Gasteiger partial charge in [0.15, 0.2) is 6.61 Å². The van der Waals surface area contributed by atoms with Crippen molar-refractivity contribution in [1.82, 2.24) is 10.9 Å². The van der Waals surface area contributed by atoms with Crippen molar-refractivity contribution in [3.63, 3.8) is 0 Å². The Morgan fingerprint density at radius 3 is 2.56 bits per heavy atom. The van der Waals surface area contributed by atoms with Crippen LogP contribution in [0.4, 0.5) is 5.69 Å². The number of nitrogens with zero attached hydrogens (tertiary/aromatic N) is 1. The lowest BCUT2D eigenvalue weighted by molar-refractivity contribution is -0.384. The van der Waals surface area contributed by atoms with Gasteiger partial charge < -0.3 is 4.74 Å². The van der Waals surface area contributed by atoms with Gasteiger partial charge in [-0.15, -0.1) is 0 Å². The van der Waals surface area contributed by atoms with E-state index >= 15 is 0 Å². The average molecular weight is 343 g/mol.